The molecule has 4 rings (SSSR count). The van der Waals surface area contributed by atoms with Crippen molar-refractivity contribution in [2.24, 2.45) is 0 Å². The van der Waals surface area contributed by atoms with Crippen LogP contribution in [0.1, 0.15) is 0 Å². The topological polar surface area (TPSA) is 0 Å². The fourth-order valence-electron chi connectivity index (χ4n) is 3.77. The summed E-state index contributed by atoms with van der Waals surface area (Å²) in [6, 6.07) is 0. The van der Waals surface area contributed by atoms with Crippen molar-refractivity contribution in [2.45, 2.75) is 52.8 Å². The zero-order valence-electron chi connectivity index (χ0n) is 11.5. The van der Waals surface area contributed by atoms with Crippen molar-refractivity contribution < 1.29 is 70.2 Å². The van der Waals surface area contributed by atoms with Gasteiger partial charge in [0.15, 0.2) is 0 Å². The summed E-state index contributed by atoms with van der Waals surface area (Å²) in [6.45, 7) is 0. The molecule has 16 heteroatoms. The van der Waals surface area contributed by atoms with Crippen molar-refractivity contribution in [3.8, 4) is 0 Å². The fourth-order valence-corrected chi connectivity index (χ4v) is 3.77. The molecule has 4 aliphatic carbocycles. The first kappa shape index (κ1) is 20.4. The van der Waals surface area contributed by atoms with Gasteiger partial charge in [-0.15, -0.1) is 0 Å². The van der Waals surface area contributed by atoms with E-state index in [1.807, 2.05) is 0 Å². The second kappa shape index (κ2) is 4.00. The molecule has 0 amide bonds. The molecule has 2 unspecified atom stereocenters. The van der Waals surface area contributed by atoms with E-state index in [2.05, 4.69) is 0 Å². The molecule has 0 aliphatic heterocycles. The molecule has 0 saturated heterocycles. The summed E-state index contributed by atoms with van der Waals surface area (Å²) in [5.41, 5.74) is -31.6. The monoisotopic (exact) mass is 436 g/mol. The molecule has 0 spiro atoms. The van der Waals surface area contributed by atoms with Gasteiger partial charge in [0.1, 0.15) is 0 Å². The fraction of sp³-hybridized carbons (Fsp3) is 0.818. The average Bonchev–Trinajstić information content (AvgIpc) is 2.43. The van der Waals surface area contributed by atoms with Gasteiger partial charge in [0.2, 0.25) is 0 Å². The number of alkyl halides is 16. The molecule has 4 aliphatic rings. The third-order valence-corrected chi connectivity index (χ3v) is 4.97. The standard InChI is InChI=1S/C11F16/c12-3-1(6(17,18)19)2-4(13,14)7(20,9(3,22)23)11(26,27)8(21,5(2,15)16)10(3,24)25. The molecule has 27 heavy (non-hydrogen) atoms. The average molecular weight is 436 g/mol. The highest BCUT2D eigenvalue weighted by Crippen LogP contribution is 2.84. The van der Waals surface area contributed by atoms with Crippen LogP contribution in [0.5, 0.6) is 0 Å². The molecular weight excluding hydrogens is 436 g/mol. The van der Waals surface area contributed by atoms with E-state index in [4.69, 9.17) is 0 Å². The number of halogens is 16. The van der Waals surface area contributed by atoms with Crippen molar-refractivity contribution in [1.82, 2.24) is 0 Å². The molecule has 0 aromatic carbocycles. The Kier molecular flexibility index (Phi) is 3.01. The van der Waals surface area contributed by atoms with E-state index in [9.17, 15) is 70.2 Å². The van der Waals surface area contributed by atoms with Crippen molar-refractivity contribution in [2.75, 3.05) is 0 Å². The molecule has 0 heterocycles. The summed E-state index contributed by atoms with van der Waals surface area (Å²) < 4.78 is 219. The number of rotatable bonds is 0. The van der Waals surface area contributed by atoms with Gasteiger partial charge in [0, 0.05) is 0 Å². The molecule has 0 aromatic heterocycles. The Morgan fingerprint density at radius 2 is 0.778 bits per heavy atom. The van der Waals surface area contributed by atoms with Gasteiger partial charge in [0.05, 0.1) is 11.1 Å². The summed E-state index contributed by atoms with van der Waals surface area (Å²) >= 11 is 0. The molecule has 156 valence electrons. The molecule has 2 saturated carbocycles. The third-order valence-electron chi connectivity index (χ3n) is 4.97. The summed E-state index contributed by atoms with van der Waals surface area (Å²) in [6.07, 6.45) is -7.20. The maximum Gasteiger partial charge on any atom is 0.416 e. The van der Waals surface area contributed by atoms with Gasteiger partial charge in [-0.1, -0.05) is 0 Å². The zero-order valence-corrected chi connectivity index (χ0v) is 11.5. The predicted octanol–water partition coefficient (Wildman–Crippen LogP) is 5.19. The Morgan fingerprint density at radius 3 is 1.04 bits per heavy atom. The van der Waals surface area contributed by atoms with Crippen LogP contribution in [0.25, 0.3) is 0 Å². The minimum Gasteiger partial charge on any atom is -0.225 e. The van der Waals surface area contributed by atoms with Crippen LogP contribution in [0.2, 0.25) is 0 Å². The highest BCUT2D eigenvalue weighted by molar-refractivity contribution is 5.62. The lowest BCUT2D eigenvalue weighted by Gasteiger charge is -2.68. The van der Waals surface area contributed by atoms with E-state index in [0.29, 0.717) is 0 Å². The first-order chi connectivity index (χ1) is 11.5. The van der Waals surface area contributed by atoms with Crippen LogP contribution in [0.3, 0.4) is 0 Å². The largest absolute Gasteiger partial charge is 0.416 e. The van der Waals surface area contributed by atoms with E-state index in [-0.39, 0.29) is 0 Å². The van der Waals surface area contributed by atoms with Crippen LogP contribution < -0.4 is 0 Å². The van der Waals surface area contributed by atoms with E-state index in [0.717, 1.165) is 0 Å². The predicted molar refractivity (Wildman–Crippen MR) is 49.3 cm³/mol. The second-order valence-electron chi connectivity index (χ2n) is 6.10. The Morgan fingerprint density at radius 1 is 0.481 bits per heavy atom. The minimum atomic E-state index is -7.73. The lowest BCUT2D eigenvalue weighted by Crippen LogP contribution is -2.98. The zero-order chi connectivity index (χ0) is 21.7. The van der Waals surface area contributed by atoms with Crippen molar-refractivity contribution in [3.05, 3.63) is 11.1 Å². The van der Waals surface area contributed by atoms with Gasteiger partial charge in [-0.25, -0.2) is 13.2 Å². The van der Waals surface area contributed by atoms with Crippen LogP contribution in [0.15, 0.2) is 11.1 Å². The van der Waals surface area contributed by atoms with Gasteiger partial charge in [-0.3, -0.25) is 0 Å². The van der Waals surface area contributed by atoms with E-state index < -0.39 is 63.9 Å². The third kappa shape index (κ3) is 1.30. The summed E-state index contributed by atoms with van der Waals surface area (Å²) in [4.78, 5) is 0. The van der Waals surface area contributed by atoms with Crippen molar-refractivity contribution in [1.29, 1.82) is 0 Å². The SMILES string of the molecule is FC(F)(F)C1=C2C(F)(F)C3(F)C(F)(F)C1(F)C(F)(F)C(F)(C2(F)F)C3(F)F. The molecule has 2 atom stereocenters. The van der Waals surface area contributed by atoms with Crippen LogP contribution in [0.4, 0.5) is 70.2 Å². The Bertz CT molecular complexity index is 724. The normalized spacial score (nSPS) is 45.3. The summed E-state index contributed by atoms with van der Waals surface area (Å²) in [5, 5.41) is 0. The van der Waals surface area contributed by atoms with Crippen LogP contribution in [-0.2, 0) is 0 Å². The number of hydrogen-bond donors (Lipinski definition) is 0. The quantitative estimate of drug-likeness (QED) is 0.363. The molecule has 4 bridgehead atoms. The van der Waals surface area contributed by atoms with Gasteiger partial charge < -0.3 is 0 Å². The number of hydrogen-bond acceptors (Lipinski definition) is 0. The number of allylic oxidation sites excluding steroid dienone is 2. The Balaban J connectivity index is 2.75. The molecular formula is C11F16. The Labute approximate surface area is 135 Å². The van der Waals surface area contributed by atoms with E-state index in [1.54, 1.807) is 0 Å². The lowest BCUT2D eigenvalue weighted by atomic mass is 9.45. The molecule has 0 nitrogen and oxygen atoms in total. The minimum absolute atomic E-state index is 4.57. The van der Waals surface area contributed by atoms with E-state index in [1.165, 1.54) is 0 Å². The van der Waals surface area contributed by atoms with Crippen molar-refractivity contribution >= 4 is 0 Å². The second-order valence-corrected chi connectivity index (χ2v) is 6.10. The van der Waals surface area contributed by atoms with Gasteiger partial charge >= 0.3 is 47.1 Å². The Hall–Kier alpha value is -1.38. The van der Waals surface area contributed by atoms with Crippen LogP contribution in [0, 0.1) is 0 Å². The van der Waals surface area contributed by atoms with Gasteiger partial charge in [-0.2, -0.15) is 57.1 Å². The molecule has 0 radical (unpaired) electrons. The first-order valence-corrected chi connectivity index (χ1v) is 6.27. The van der Waals surface area contributed by atoms with E-state index >= 15 is 0 Å². The molecule has 0 N–H and O–H groups in total. The summed E-state index contributed by atoms with van der Waals surface area (Å²) in [7, 11) is 0. The maximum atomic E-state index is 14.4. The molecule has 2 fully saturated rings. The molecule has 0 aromatic rings. The van der Waals surface area contributed by atoms with Crippen molar-refractivity contribution in [3.63, 3.8) is 0 Å². The van der Waals surface area contributed by atoms with Crippen LogP contribution in [-0.4, -0.2) is 52.8 Å². The maximum absolute atomic E-state index is 14.4. The van der Waals surface area contributed by atoms with Gasteiger partial charge in [0.25, 0.3) is 5.67 Å². The highest BCUT2D eigenvalue weighted by atomic mass is 19.4. The van der Waals surface area contributed by atoms with Crippen LogP contribution >= 0.6 is 0 Å². The smallest absolute Gasteiger partial charge is 0.225 e. The highest BCUT2D eigenvalue weighted by Gasteiger charge is 3.14. The van der Waals surface area contributed by atoms with Gasteiger partial charge in [-0.05, 0) is 0 Å². The first-order valence-electron chi connectivity index (χ1n) is 6.27. The summed E-state index contributed by atoms with van der Waals surface area (Å²) in [5.74, 6) is -37.7. The lowest BCUT2D eigenvalue weighted by molar-refractivity contribution is -0.505.